The number of anilines is 1. The minimum Gasteiger partial charge on any atom is -0.329 e. The van der Waals surface area contributed by atoms with Gasteiger partial charge in [-0.15, -0.1) is 0 Å². The van der Waals surface area contributed by atoms with Crippen molar-refractivity contribution < 1.29 is 4.79 Å². The fraction of sp³-hybridized carbons (Fsp3) is 0.400. The van der Waals surface area contributed by atoms with Gasteiger partial charge in [-0.2, -0.15) is 0 Å². The van der Waals surface area contributed by atoms with Crippen molar-refractivity contribution in [2.24, 2.45) is 5.41 Å². The molecule has 5 heteroatoms. The first kappa shape index (κ1) is 14.2. The largest absolute Gasteiger partial charge is 0.329 e. The van der Waals surface area contributed by atoms with E-state index in [0.717, 1.165) is 11.5 Å². The van der Waals surface area contributed by atoms with Gasteiger partial charge in [-0.1, -0.05) is 26.8 Å². The average Bonchev–Trinajstić information content (AvgIpc) is 2.74. The Bertz CT molecular complexity index is 610. The van der Waals surface area contributed by atoms with Crippen LogP contribution in [0.5, 0.6) is 0 Å². The number of nitrogens with one attached hydrogen (secondary N) is 1. The second-order valence-corrected chi connectivity index (χ2v) is 5.82. The Balaban J connectivity index is 2.12. The molecule has 2 heterocycles. The van der Waals surface area contributed by atoms with Gasteiger partial charge in [0.05, 0.1) is 12.2 Å². The molecular weight excluding hydrogens is 252 g/mol. The zero-order chi connectivity index (χ0) is 14.8. The van der Waals surface area contributed by atoms with Crippen LogP contribution in [0.1, 0.15) is 32.3 Å². The summed E-state index contributed by atoms with van der Waals surface area (Å²) >= 11 is 0. The molecule has 2 aromatic rings. The molecule has 0 saturated heterocycles. The molecule has 106 valence electrons. The zero-order valence-corrected chi connectivity index (χ0v) is 12.3. The minimum atomic E-state index is -0.432. The summed E-state index contributed by atoms with van der Waals surface area (Å²) in [6, 6.07) is 5.63. The number of amides is 1. The molecule has 20 heavy (non-hydrogen) atoms. The van der Waals surface area contributed by atoms with Gasteiger partial charge in [-0.3, -0.25) is 4.79 Å². The normalized spacial score (nSPS) is 11.4. The van der Waals surface area contributed by atoms with E-state index in [1.807, 2.05) is 50.6 Å². The smallest absolute Gasteiger partial charge is 0.230 e. The first-order chi connectivity index (χ1) is 9.36. The van der Waals surface area contributed by atoms with Gasteiger partial charge >= 0.3 is 0 Å². The molecule has 0 spiro atoms. The quantitative estimate of drug-likeness (QED) is 0.934. The number of carbonyl (C=O) groups is 1. The Kier molecular flexibility index (Phi) is 3.88. The van der Waals surface area contributed by atoms with Crippen molar-refractivity contribution in [3.63, 3.8) is 0 Å². The Morgan fingerprint density at radius 2 is 2.10 bits per heavy atom. The summed E-state index contributed by atoms with van der Waals surface area (Å²) < 4.78 is 2.01. The molecule has 0 unspecified atom stereocenters. The molecule has 0 radical (unpaired) electrons. The highest BCUT2D eigenvalue weighted by atomic mass is 16.2. The van der Waals surface area contributed by atoms with Gasteiger partial charge in [0.1, 0.15) is 11.6 Å². The second-order valence-electron chi connectivity index (χ2n) is 5.82. The van der Waals surface area contributed by atoms with Crippen LogP contribution in [-0.2, 0) is 11.3 Å². The Labute approximate surface area is 119 Å². The molecule has 0 aromatic carbocycles. The highest BCUT2D eigenvalue weighted by Gasteiger charge is 2.21. The number of pyridine rings is 1. The van der Waals surface area contributed by atoms with Crippen LogP contribution in [0.2, 0.25) is 0 Å². The lowest BCUT2D eigenvalue weighted by Crippen LogP contribution is -2.28. The maximum atomic E-state index is 12.0. The molecule has 1 N–H and O–H groups in total. The number of imidazole rings is 1. The van der Waals surface area contributed by atoms with Gasteiger partial charge in [-0.05, 0) is 19.1 Å². The highest BCUT2D eigenvalue weighted by molar-refractivity contribution is 5.93. The van der Waals surface area contributed by atoms with Gasteiger partial charge in [0.25, 0.3) is 0 Å². The number of rotatable bonds is 3. The number of aromatic nitrogens is 3. The average molecular weight is 272 g/mol. The van der Waals surface area contributed by atoms with E-state index in [1.165, 1.54) is 0 Å². The summed E-state index contributed by atoms with van der Waals surface area (Å²) in [7, 11) is 0. The predicted molar refractivity (Wildman–Crippen MR) is 78.4 cm³/mol. The molecule has 0 aliphatic rings. The zero-order valence-electron chi connectivity index (χ0n) is 12.3. The number of hydrogen-bond acceptors (Lipinski definition) is 3. The Morgan fingerprint density at radius 3 is 2.70 bits per heavy atom. The van der Waals surface area contributed by atoms with E-state index < -0.39 is 5.41 Å². The molecule has 2 aromatic heterocycles. The van der Waals surface area contributed by atoms with Gasteiger partial charge < -0.3 is 9.88 Å². The van der Waals surface area contributed by atoms with Crippen molar-refractivity contribution in [2.75, 3.05) is 5.32 Å². The fourth-order valence-electron chi connectivity index (χ4n) is 1.69. The Morgan fingerprint density at radius 1 is 1.35 bits per heavy atom. The van der Waals surface area contributed by atoms with E-state index in [2.05, 4.69) is 15.3 Å². The molecule has 0 atom stereocenters. The molecule has 2 rings (SSSR count). The van der Waals surface area contributed by atoms with Gasteiger partial charge in [0.2, 0.25) is 5.91 Å². The lowest BCUT2D eigenvalue weighted by molar-refractivity contribution is -0.123. The summed E-state index contributed by atoms with van der Waals surface area (Å²) in [6.45, 7) is 8.22. The first-order valence-corrected chi connectivity index (χ1v) is 6.61. The lowest BCUT2D eigenvalue weighted by atomic mass is 9.96. The maximum absolute atomic E-state index is 12.0. The molecule has 0 fully saturated rings. The topological polar surface area (TPSA) is 59.8 Å². The molecule has 0 aliphatic heterocycles. The van der Waals surface area contributed by atoms with Crippen LogP contribution in [0.4, 0.5) is 5.82 Å². The minimum absolute atomic E-state index is 0.0408. The summed E-state index contributed by atoms with van der Waals surface area (Å²) in [6.07, 6.45) is 3.68. The third kappa shape index (κ3) is 3.44. The summed E-state index contributed by atoms with van der Waals surface area (Å²) in [4.78, 5) is 20.6. The molecule has 1 amide bonds. The van der Waals surface area contributed by atoms with Crippen LogP contribution in [-0.4, -0.2) is 20.4 Å². The fourth-order valence-corrected chi connectivity index (χ4v) is 1.69. The van der Waals surface area contributed by atoms with E-state index in [9.17, 15) is 4.79 Å². The van der Waals surface area contributed by atoms with E-state index >= 15 is 0 Å². The van der Waals surface area contributed by atoms with E-state index in [1.54, 1.807) is 12.3 Å². The van der Waals surface area contributed by atoms with Crippen molar-refractivity contribution in [3.8, 4) is 0 Å². The number of hydrogen-bond donors (Lipinski definition) is 1. The van der Waals surface area contributed by atoms with Crippen LogP contribution in [0.25, 0.3) is 0 Å². The molecule has 0 saturated carbocycles. The van der Waals surface area contributed by atoms with E-state index in [4.69, 9.17) is 0 Å². The predicted octanol–water partition coefficient (Wildman–Crippen LogP) is 2.62. The van der Waals surface area contributed by atoms with Gasteiger partial charge in [0, 0.05) is 17.8 Å². The second kappa shape index (κ2) is 5.45. The van der Waals surface area contributed by atoms with Crippen LogP contribution in [0.3, 0.4) is 0 Å². The van der Waals surface area contributed by atoms with Crippen LogP contribution >= 0.6 is 0 Å². The summed E-state index contributed by atoms with van der Waals surface area (Å²) in [5, 5.41) is 2.84. The maximum Gasteiger partial charge on any atom is 0.230 e. The van der Waals surface area contributed by atoms with Crippen LogP contribution in [0, 0.1) is 12.3 Å². The SMILES string of the molecule is Cc1nccn1Cc1cccc(NC(=O)C(C)(C)C)n1. The molecule has 0 aliphatic carbocycles. The van der Waals surface area contributed by atoms with E-state index in [0.29, 0.717) is 12.4 Å². The van der Waals surface area contributed by atoms with Crippen molar-refractivity contribution in [3.05, 3.63) is 42.1 Å². The van der Waals surface area contributed by atoms with Crippen molar-refractivity contribution in [1.29, 1.82) is 0 Å². The van der Waals surface area contributed by atoms with E-state index in [-0.39, 0.29) is 5.91 Å². The van der Waals surface area contributed by atoms with Crippen LogP contribution < -0.4 is 5.32 Å². The van der Waals surface area contributed by atoms with Crippen molar-refractivity contribution >= 4 is 11.7 Å². The van der Waals surface area contributed by atoms with Crippen molar-refractivity contribution in [1.82, 2.24) is 14.5 Å². The monoisotopic (exact) mass is 272 g/mol. The van der Waals surface area contributed by atoms with Gasteiger partial charge in [0.15, 0.2) is 0 Å². The third-order valence-electron chi connectivity index (χ3n) is 2.99. The molecule has 0 bridgehead atoms. The standard InChI is InChI=1S/C15H20N4O/c1-11-16-8-9-19(11)10-12-6-5-7-13(17-12)18-14(20)15(2,3)4/h5-9H,10H2,1-4H3,(H,17,18,20). The van der Waals surface area contributed by atoms with Crippen LogP contribution in [0.15, 0.2) is 30.6 Å². The Hall–Kier alpha value is -2.17. The lowest BCUT2D eigenvalue weighted by Gasteiger charge is -2.17. The molecule has 5 nitrogen and oxygen atoms in total. The van der Waals surface area contributed by atoms with Gasteiger partial charge in [-0.25, -0.2) is 9.97 Å². The number of carbonyl (C=O) groups excluding carboxylic acids is 1. The highest BCUT2D eigenvalue weighted by Crippen LogP contribution is 2.16. The number of nitrogens with zero attached hydrogens (tertiary/aromatic N) is 3. The first-order valence-electron chi connectivity index (χ1n) is 6.61. The summed E-state index contributed by atoms with van der Waals surface area (Å²) in [5.74, 6) is 1.48. The molecular formula is C15H20N4O. The third-order valence-corrected chi connectivity index (χ3v) is 2.99. The van der Waals surface area contributed by atoms with Crippen molar-refractivity contribution in [2.45, 2.75) is 34.2 Å². The number of aryl methyl sites for hydroxylation is 1. The summed E-state index contributed by atoms with van der Waals surface area (Å²) in [5.41, 5.74) is 0.455.